The van der Waals surface area contributed by atoms with Crippen LogP contribution in [0.15, 0.2) is 24.3 Å². The molecule has 1 aliphatic carbocycles. The molecule has 1 saturated heterocycles. The van der Waals surface area contributed by atoms with Gasteiger partial charge in [0.1, 0.15) is 0 Å². The van der Waals surface area contributed by atoms with Crippen LogP contribution in [0.3, 0.4) is 0 Å². The number of rotatable bonds is 1. The molecule has 2 unspecified atom stereocenters. The molecule has 0 radical (unpaired) electrons. The third-order valence-corrected chi connectivity index (χ3v) is 3.61. The molecular formula is C13H18ClNO2. The van der Waals surface area contributed by atoms with E-state index >= 15 is 0 Å². The summed E-state index contributed by atoms with van der Waals surface area (Å²) in [7, 11) is 0. The van der Waals surface area contributed by atoms with Crippen molar-refractivity contribution >= 4 is 12.4 Å². The Kier molecular flexibility index (Phi) is 4.05. The molecule has 0 bridgehead atoms. The Hall–Kier alpha value is -0.610. The Balaban J connectivity index is 0.00000108. The fraction of sp³-hybridized carbons (Fsp3) is 0.538. The van der Waals surface area contributed by atoms with Gasteiger partial charge in [-0.05, 0) is 11.1 Å². The molecule has 1 heterocycles. The smallest absolute Gasteiger partial charge is 0.0777 e. The van der Waals surface area contributed by atoms with Crippen molar-refractivity contribution in [2.45, 2.75) is 18.6 Å². The fourth-order valence-corrected chi connectivity index (χ4v) is 2.85. The highest BCUT2D eigenvalue weighted by atomic mass is 35.5. The van der Waals surface area contributed by atoms with Crippen molar-refractivity contribution in [1.29, 1.82) is 0 Å². The molecule has 2 atom stereocenters. The normalized spacial score (nSPS) is 28.5. The highest BCUT2D eigenvalue weighted by Gasteiger charge is 2.35. The quantitative estimate of drug-likeness (QED) is 0.824. The zero-order valence-electron chi connectivity index (χ0n) is 9.71. The number of morpholine rings is 1. The molecule has 0 amide bonds. The first kappa shape index (κ1) is 12.8. The summed E-state index contributed by atoms with van der Waals surface area (Å²) < 4.78 is 5.36. The van der Waals surface area contributed by atoms with Crippen LogP contribution in [0.2, 0.25) is 0 Å². The summed E-state index contributed by atoms with van der Waals surface area (Å²) in [6.45, 7) is 3.42. The highest BCUT2D eigenvalue weighted by Crippen LogP contribution is 2.36. The van der Waals surface area contributed by atoms with Crippen LogP contribution in [0.25, 0.3) is 0 Å². The standard InChI is InChI=1S/C13H17NO2.ClH/c15-12-9-10-3-1-2-4-11(10)13(12)14-5-7-16-8-6-14;/h1-4,12-13,15H,5-9H2;1H. The van der Waals surface area contributed by atoms with Gasteiger partial charge in [-0.2, -0.15) is 0 Å². The van der Waals surface area contributed by atoms with Gasteiger partial charge in [-0.25, -0.2) is 0 Å². The number of halogens is 1. The first-order chi connectivity index (χ1) is 7.86. The van der Waals surface area contributed by atoms with E-state index in [1.807, 2.05) is 6.07 Å². The lowest BCUT2D eigenvalue weighted by Crippen LogP contribution is -2.42. The van der Waals surface area contributed by atoms with Crippen molar-refractivity contribution in [3.63, 3.8) is 0 Å². The first-order valence-corrected chi connectivity index (χ1v) is 5.94. The van der Waals surface area contributed by atoms with Crippen molar-refractivity contribution in [2.24, 2.45) is 0 Å². The minimum absolute atomic E-state index is 0. The molecule has 94 valence electrons. The van der Waals surface area contributed by atoms with Crippen LogP contribution in [-0.2, 0) is 11.2 Å². The second-order valence-corrected chi connectivity index (χ2v) is 4.56. The molecule has 1 aromatic carbocycles. The summed E-state index contributed by atoms with van der Waals surface area (Å²) in [6, 6.07) is 8.56. The zero-order chi connectivity index (χ0) is 11.0. The molecule has 1 aliphatic heterocycles. The maximum Gasteiger partial charge on any atom is 0.0777 e. The predicted octanol–water partition coefficient (Wildman–Crippen LogP) is 1.40. The third kappa shape index (κ3) is 2.33. The number of hydrogen-bond donors (Lipinski definition) is 1. The lowest BCUT2D eigenvalue weighted by atomic mass is 10.1. The Morgan fingerprint density at radius 2 is 1.88 bits per heavy atom. The van der Waals surface area contributed by atoms with Crippen LogP contribution < -0.4 is 0 Å². The Labute approximate surface area is 108 Å². The van der Waals surface area contributed by atoms with E-state index in [4.69, 9.17) is 4.74 Å². The molecule has 3 rings (SSSR count). The number of aliphatic hydroxyl groups is 1. The van der Waals surface area contributed by atoms with Crippen LogP contribution in [0, 0.1) is 0 Å². The number of nitrogens with zero attached hydrogens (tertiary/aromatic N) is 1. The minimum Gasteiger partial charge on any atom is -0.391 e. The van der Waals surface area contributed by atoms with Crippen LogP contribution in [0.5, 0.6) is 0 Å². The highest BCUT2D eigenvalue weighted by molar-refractivity contribution is 5.85. The average molecular weight is 256 g/mol. The summed E-state index contributed by atoms with van der Waals surface area (Å²) in [5.41, 5.74) is 2.60. The van der Waals surface area contributed by atoms with E-state index in [-0.39, 0.29) is 24.6 Å². The Bertz CT molecular complexity index is 379. The van der Waals surface area contributed by atoms with Crippen molar-refractivity contribution in [1.82, 2.24) is 4.90 Å². The monoisotopic (exact) mass is 255 g/mol. The summed E-state index contributed by atoms with van der Waals surface area (Å²) in [6.07, 6.45) is 0.536. The molecule has 0 saturated carbocycles. The van der Waals surface area contributed by atoms with Gasteiger partial charge in [0.2, 0.25) is 0 Å². The third-order valence-electron chi connectivity index (χ3n) is 3.61. The van der Waals surface area contributed by atoms with E-state index < -0.39 is 0 Å². The summed E-state index contributed by atoms with van der Waals surface area (Å²) in [5.74, 6) is 0. The van der Waals surface area contributed by atoms with Gasteiger partial charge in [0.15, 0.2) is 0 Å². The van der Waals surface area contributed by atoms with E-state index in [1.165, 1.54) is 11.1 Å². The number of aliphatic hydroxyl groups excluding tert-OH is 1. The number of ether oxygens (including phenoxy) is 1. The van der Waals surface area contributed by atoms with E-state index in [0.29, 0.717) is 0 Å². The molecule has 3 nitrogen and oxygen atoms in total. The first-order valence-electron chi connectivity index (χ1n) is 5.94. The van der Waals surface area contributed by atoms with Gasteiger partial charge in [0.05, 0.1) is 25.4 Å². The number of hydrogen-bond acceptors (Lipinski definition) is 3. The topological polar surface area (TPSA) is 32.7 Å². The van der Waals surface area contributed by atoms with Gasteiger partial charge >= 0.3 is 0 Å². The van der Waals surface area contributed by atoms with Gasteiger partial charge in [-0.1, -0.05) is 24.3 Å². The van der Waals surface area contributed by atoms with Crippen LogP contribution in [0.1, 0.15) is 17.2 Å². The lowest BCUT2D eigenvalue weighted by molar-refractivity contribution is -0.0165. The van der Waals surface area contributed by atoms with Crippen molar-refractivity contribution < 1.29 is 9.84 Å². The number of benzene rings is 1. The second kappa shape index (κ2) is 5.36. The van der Waals surface area contributed by atoms with Gasteiger partial charge in [0.25, 0.3) is 0 Å². The van der Waals surface area contributed by atoms with E-state index in [2.05, 4.69) is 23.1 Å². The maximum absolute atomic E-state index is 10.2. The molecule has 1 aromatic rings. The van der Waals surface area contributed by atoms with Gasteiger partial charge in [-0.3, -0.25) is 4.90 Å². The molecule has 0 spiro atoms. The van der Waals surface area contributed by atoms with Gasteiger partial charge < -0.3 is 9.84 Å². The van der Waals surface area contributed by atoms with E-state index in [9.17, 15) is 5.11 Å². The van der Waals surface area contributed by atoms with Gasteiger partial charge in [0, 0.05) is 19.5 Å². The summed E-state index contributed by atoms with van der Waals surface area (Å²) in [4.78, 5) is 2.35. The van der Waals surface area contributed by atoms with Crippen LogP contribution in [-0.4, -0.2) is 42.4 Å². The molecule has 1 N–H and O–H groups in total. The lowest BCUT2D eigenvalue weighted by Gasteiger charge is -2.34. The number of fused-ring (bicyclic) bond motifs is 1. The zero-order valence-corrected chi connectivity index (χ0v) is 10.5. The fourth-order valence-electron chi connectivity index (χ4n) is 2.85. The van der Waals surface area contributed by atoms with Crippen molar-refractivity contribution in [3.8, 4) is 0 Å². The molecule has 17 heavy (non-hydrogen) atoms. The SMILES string of the molecule is Cl.OC1Cc2ccccc2C1N1CCOCC1. The Morgan fingerprint density at radius 1 is 1.18 bits per heavy atom. The molecule has 4 heteroatoms. The summed E-state index contributed by atoms with van der Waals surface area (Å²) >= 11 is 0. The largest absolute Gasteiger partial charge is 0.391 e. The maximum atomic E-state index is 10.2. The molecule has 0 aromatic heterocycles. The van der Waals surface area contributed by atoms with Crippen LogP contribution >= 0.6 is 12.4 Å². The van der Waals surface area contributed by atoms with E-state index in [0.717, 1.165) is 32.7 Å². The van der Waals surface area contributed by atoms with Gasteiger partial charge in [-0.15, -0.1) is 12.4 Å². The van der Waals surface area contributed by atoms with E-state index in [1.54, 1.807) is 0 Å². The predicted molar refractivity (Wildman–Crippen MR) is 68.5 cm³/mol. The Morgan fingerprint density at radius 3 is 2.65 bits per heavy atom. The second-order valence-electron chi connectivity index (χ2n) is 4.56. The molecule has 2 aliphatic rings. The molecular weight excluding hydrogens is 238 g/mol. The molecule has 1 fully saturated rings. The van der Waals surface area contributed by atoms with Crippen molar-refractivity contribution in [3.05, 3.63) is 35.4 Å². The minimum atomic E-state index is -0.254. The van der Waals surface area contributed by atoms with Crippen molar-refractivity contribution in [2.75, 3.05) is 26.3 Å². The van der Waals surface area contributed by atoms with Crippen LogP contribution in [0.4, 0.5) is 0 Å². The average Bonchev–Trinajstić information content (AvgIpc) is 2.66. The summed E-state index contributed by atoms with van der Waals surface area (Å²) in [5, 5.41) is 10.2.